The molecule has 0 atom stereocenters. The fourth-order valence-electron chi connectivity index (χ4n) is 2.52. The summed E-state index contributed by atoms with van der Waals surface area (Å²) in [6.07, 6.45) is -0.596. The maximum absolute atomic E-state index is 12.0. The summed E-state index contributed by atoms with van der Waals surface area (Å²) in [6, 6.07) is 11.6. The van der Waals surface area contributed by atoms with Crippen molar-refractivity contribution < 1.29 is 28.6 Å². The first kappa shape index (κ1) is 22.5. The fourth-order valence-corrected chi connectivity index (χ4v) is 2.97. The van der Waals surface area contributed by atoms with Gasteiger partial charge in [0.15, 0.2) is 5.92 Å². The van der Waals surface area contributed by atoms with Crippen molar-refractivity contribution in [1.82, 2.24) is 0 Å². The molecule has 2 aromatic rings. The summed E-state index contributed by atoms with van der Waals surface area (Å²) in [5, 5.41) is 3.26. The third kappa shape index (κ3) is 6.66. The number of halogens is 2. The van der Waals surface area contributed by atoms with E-state index in [1.165, 1.54) is 20.3 Å². The first-order valence-electron chi connectivity index (χ1n) is 8.46. The van der Waals surface area contributed by atoms with E-state index >= 15 is 0 Å². The summed E-state index contributed by atoms with van der Waals surface area (Å²) in [4.78, 5) is 35.6. The number of ether oxygens (including phenoxy) is 3. The van der Waals surface area contributed by atoms with Crippen LogP contribution in [0, 0.1) is 5.92 Å². The first-order valence-corrected chi connectivity index (χ1v) is 9.22. The van der Waals surface area contributed by atoms with Crippen molar-refractivity contribution in [2.75, 3.05) is 19.5 Å². The highest BCUT2D eigenvalue weighted by molar-refractivity contribution is 6.36. The number of hydrogen-bond acceptors (Lipinski definition) is 6. The first-order chi connectivity index (χ1) is 13.8. The molecule has 0 saturated heterocycles. The predicted molar refractivity (Wildman–Crippen MR) is 108 cm³/mol. The van der Waals surface area contributed by atoms with Gasteiger partial charge < -0.3 is 14.2 Å². The van der Waals surface area contributed by atoms with Crippen molar-refractivity contribution in [3.05, 3.63) is 63.6 Å². The highest BCUT2D eigenvalue weighted by Crippen LogP contribution is 2.25. The van der Waals surface area contributed by atoms with Crippen LogP contribution in [0.5, 0.6) is 0 Å². The van der Waals surface area contributed by atoms with Gasteiger partial charge in [0, 0.05) is 5.02 Å². The van der Waals surface area contributed by atoms with Crippen LogP contribution >= 0.6 is 23.2 Å². The zero-order valence-electron chi connectivity index (χ0n) is 15.7. The summed E-state index contributed by atoms with van der Waals surface area (Å²) < 4.78 is 14.5. The van der Waals surface area contributed by atoms with Crippen LogP contribution < -0.4 is 5.32 Å². The van der Waals surface area contributed by atoms with Crippen molar-refractivity contribution in [3.63, 3.8) is 0 Å². The molecule has 1 N–H and O–H groups in total. The van der Waals surface area contributed by atoms with Gasteiger partial charge in [-0.15, -0.1) is 0 Å². The molecule has 2 aromatic carbocycles. The molecule has 0 bridgehead atoms. The summed E-state index contributed by atoms with van der Waals surface area (Å²) in [5.74, 6) is -2.44. The minimum Gasteiger partial charge on any atom is -0.468 e. The van der Waals surface area contributed by atoms with E-state index in [0.717, 1.165) is 0 Å². The minimum absolute atomic E-state index is 0.0218. The van der Waals surface area contributed by atoms with Crippen molar-refractivity contribution in [3.8, 4) is 0 Å². The molecule has 0 heterocycles. The Morgan fingerprint density at radius 2 is 1.62 bits per heavy atom. The lowest BCUT2D eigenvalue weighted by atomic mass is 9.98. The lowest BCUT2D eigenvalue weighted by Crippen LogP contribution is -2.28. The number of methoxy groups -OCH3 is 2. The van der Waals surface area contributed by atoms with Crippen LogP contribution in [-0.2, 0) is 36.8 Å². The lowest BCUT2D eigenvalue weighted by molar-refractivity contribution is -0.158. The van der Waals surface area contributed by atoms with Gasteiger partial charge in [-0.25, -0.2) is 4.79 Å². The molecule has 0 aliphatic rings. The number of benzene rings is 2. The zero-order valence-corrected chi connectivity index (χ0v) is 17.3. The number of anilines is 1. The van der Waals surface area contributed by atoms with Crippen LogP contribution in [-0.4, -0.2) is 32.3 Å². The maximum Gasteiger partial charge on any atom is 0.412 e. The van der Waals surface area contributed by atoms with Crippen LogP contribution in [0.3, 0.4) is 0 Å². The predicted octanol–water partition coefficient (Wildman–Crippen LogP) is 4.25. The number of nitrogens with one attached hydrogen (secondary N) is 1. The average molecular weight is 440 g/mol. The quantitative estimate of drug-likeness (QED) is 0.393. The normalized spacial score (nSPS) is 10.4. The molecule has 7 nitrogen and oxygen atoms in total. The van der Waals surface area contributed by atoms with Gasteiger partial charge in [-0.1, -0.05) is 47.5 Å². The highest BCUT2D eigenvalue weighted by Gasteiger charge is 2.28. The van der Waals surface area contributed by atoms with Crippen LogP contribution in [0.4, 0.5) is 10.5 Å². The van der Waals surface area contributed by atoms with Crippen LogP contribution in [0.1, 0.15) is 11.1 Å². The average Bonchev–Trinajstić information content (AvgIpc) is 2.71. The fraction of sp³-hybridized carbons (Fsp3) is 0.250. The van der Waals surface area contributed by atoms with E-state index in [2.05, 4.69) is 14.8 Å². The molecule has 0 saturated carbocycles. The molecule has 1 amide bonds. The Labute approximate surface area is 177 Å². The van der Waals surface area contributed by atoms with Crippen LogP contribution in [0.25, 0.3) is 0 Å². The topological polar surface area (TPSA) is 90.9 Å². The van der Waals surface area contributed by atoms with Crippen LogP contribution in [0.15, 0.2) is 42.5 Å². The molecule has 154 valence electrons. The lowest BCUT2D eigenvalue weighted by Gasteiger charge is -2.13. The van der Waals surface area contributed by atoms with E-state index in [1.54, 1.807) is 36.4 Å². The summed E-state index contributed by atoms with van der Waals surface area (Å²) in [6.45, 7) is -0.0218. The molecule has 0 aliphatic carbocycles. The van der Waals surface area contributed by atoms with Gasteiger partial charge in [-0.2, -0.15) is 0 Å². The molecular weight excluding hydrogens is 421 g/mol. The van der Waals surface area contributed by atoms with Gasteiger partial charge in [0.05, 0.1) is 24.9 Å². The molecule has 29 heavy (non-hydrogen) atoms. The van der Waals surface area contributed by atoms with E-state index in [9.17, 15) is 14.4 Å². The summed E-state index contributed by atoms with van der Waals surface area (Å²) >= 11 is 11.8. The molecule has 2 rings (SSSR count). The van der Waals surface area contributed by atoms with E-state index in [0.29, 0.717) is 21.8 Å². The van der Waals surface area contributed by atoms with Gasteiger partial charge in [-0.3, -0.25) is 14.9 Å². The van der Waals surface area contributed by atoms with Crippen LogP contribution in [0.2, 0.25) is 10.0 Å². The second-order valence-corrected chi connectivity index (χ2v) is 6.79. The Kier molecular flexibility index (Phi) is 8.30. The van der Waals surface area contributed by atoms with Crippen molar-refractivity contribution >= 4 is 46.9 Å². The van der Waals surface area contributed by atoms with Crippen molar-refractivity contribution in [2.45, 2.75) is 13.0 Å². The second-order valence-electron chi connectivity index (χ2n) is 5.95. The molecular formula is C20H19Cl2NO6. The Morgan fingerprint density at radius 3 is 2.24 bits per heavy atom. The summed E-state index contributed by atoms with van der Waals surface area (Å²) in [7, 11) is 2.40. The highest BCUT2D eigenvalue weighted by atomic mass is 35.5. The maximum atomic E-state index is 12.0. The SMILES string of the molecule is COC(=O)C(Cc1cccc(COC(=O)Nc2ccc(Cl)cc2Cl)c1)C(=O)OC. The minimum atomic E-state index is -1.07. The summed E-state index contributed by atoms with van der Waals surface area (Å²) in [5.41, 5.74) is 1.73. The Balaban J connectivity index is 1.99. The van der Waals surface area contributed by atoms with E-state index in [4.69, 9.17) is 27.9 Å². The molecule has 0 unspecified atom stereocenters. The standard InChI is InChI=1S/C20H19Cl2NO6/c1-27-18(24)15(19(25)28-2)9-12-4-3-5-13(8-12)11-29-20(26)23-17-7-6-14(21)10-16(17)22/h3-8,10,15H,9,11H2,1-2H3,(H,23,26). The zero-order chi connectivity index (χ0) is 21.4. The molecule has 0 aliphatic heterocycles. The van der Waals surface area contributed by atoms with Gasteiger partial charge in [-0.05, 0) is 35.7 Å². The molecule has 0 spiro atoms. The Morgan fingerprint density at radius 1 is 0.966 bits per heavy atom. The Hall–Kier alpha value is -2.77. The number of amides is 1. The number of hydrogen-bond donors (Lipinski definition) is 1. The molecule has 0 aromatic heterocycles. The molecule has 9 heteroatoms. The number of carbonyl (C=O) groups is 3. The van der Waals surface area contributed by atoms with E-state index in [1.807, 2.05) is 0 Å². The second kappa shape index (κ2) is 10.7. The monoisotopic (exact) mass is 439 g/mol. The van der Waals surface area contributed by atoms with Gasteiger partial charge in [0.1, 0.15) is 6.61 Å². The van der Waals surface area contributed by atoms with Crippen molar-refractivity contribution in [2.24, 2.45) is 5.92 Å². The largest absolute Gasteiger partial charge is 0.468 e. The molecule has 0 radical (unpaired) electrons. The third-order valence-electron chi connectivity index (χ3n) is 3.94. The smallest absolute Gasteiger partial charge is 0.412 e. The van der Waals surface area contributed by atoms with Gasteiger partial charge >= 0.3 is 18.0 Å². The van der Waals surface area contributed by atoms with E-state index in [-0.39, 0.29) is 18.1 Å². The number of esters is 2. The third-order valence-corrected chi connectivity index (χ3v) is 4.49. The Bertz CT molecular complexity index is 886. The molecule has 0 fully saturated rings. The van der Waals surface area contributed by atoms with Crippen molar-refractivity contribution in [1.29, 1.82) is 0 Å². The van der Waals surface area contributed by atoms with E-state index < -0.39 is 23.9 Å². The number of carbonyl (C=O) groups excluding carboxylic acids is 3. The van der Waals surface area contributed by atoms with Gasteiger partial charge in [0.25, 0.3) is 0 Å². The van der Waals surface area contributed by atoms with Gasteiger partial charge in [0.2, 0.25) is 0 Å². The number of rotatable bonds is 7.